The van der Waals surface area contributed by atoms with Gasteiger partial charge in [-0.05, 0) is 55.8 Å². The lowest BCUT2D eigenvalue weighted by atomic mass is 10.1. The molecule has 3 aromatic rings. The molecule has 0 bridgehead atoms. The average Bonchev–Trinajstić information content (AvgIpc) is 3.38. The second-order valence-corrected chi connectivity index (χ2v) is 8.40. The molecule has 0 unspecified atom stereocenters. The Morgan fingerprint density at radius 1 is 0.969 bits per heavy atom. The fourth-order valence-electron chi connectivity index (χ4n) is 3.39. The van der Waals surface area contributed by atoms with E-state index in [9.17, 15) is 9.59 Å². The number of thioether (sulfide) groups is 1. The number of benzene rings is 2. The van der Waals surface area contributed by atoms with E-state index in [-0.39, 0.29) is 17.9 Å². The number of hydrogen-bond donors (Lipinski definition) is 0. The van der Waals surface area contributed by atoms with Gasteiger partial charge < -0.3 is 13.9 Å². The molecule has 0 fully saturated rings. The zero-order valence-electron chi connectivity index (χ0n) is 18.0. The van der Waals surface area contributed by atoms with E-state index in [1.54, 1.807) is 55.8 Å². The number of carbonyl (C=O) groups is 2. The first-order valence-electron chi connectivity index (χ1n) is 10.2. The summed E-state index contributed by atoms with van der Waals surface area (Å²) >= 11 is 1.29. The van der Waals surface area contributed by atoms with Crippen molar-refractivity contribution in [1.29, 1.82) is 0 Å². The number of furan rings is 1. The predicted molar refractivity (Wildman–Crippen MR) is 125 cm³/mol. The van der Waals surface area contributed by atoms with Crippen LogP contribution < -0.4 is 14.4 Å². The Morgan fingerprint density at radius 3 is 2.41 bits per heavy atom. The van der Waals surface area contributed by atoms with E-state index in [0.29, 0.717) is 39.0 Å². The van der Waals surface area contributed by atoms with E-state index in [4.69, 9.17) is 13.9 Å². The van der Waals surface area contributed by atoms with Gasteiger partial charge in [0.1, 0.15) is 17.3 Å². The minimum Gasteiger partial charge on any atom is -0.497 e. The lowest BCUT2D eigenvalue weighted by molar-refractivity contribution is -0.119. The number of amides is 2. The standard InChI is InChI=1S/C25H23NO5S/c1-16(2)31-19-11-9-17(10-12-19)22-23(32-15-21-8-5-13-30-21)25(28)26(24(22)27)18-6-4-7-20(14-18)29-3/h4-14,16H,15H2,1-3H3. The minimum absolute atomic E-state index is 0.0396. The van der Waals surface area contributed by atoms with Crippen LogP contribution in [0.2, 0.25) is 0 Å². The Labute approximate surface area is 190 Å². The summed E-state index contributed by atoms with van der Waals surface area (Å²) in [5.41, 5.74) is 1.49. The summed E-state index contributed by atoms with van der Waals surface area (Å²) in [4.78, 5) is 28.5. The van der Waals surface area contributed by atoms with Crippen LogP contribution in [0, 0.1) is 0 Å². The molecule has 1 aromatic heterocycles. The van der Waals surface area contributed by atoms with Crippen LogP contribution in [0.25, 0.3) is 5.57 Å². The SMILES string of the molecule is COc1cccc(N2C(=O)C(SCc3ccco3)=C(c3ccc(OC(C)C)cc3)C2=O)c1. The first-order valence-corrected chi connectivity index (χ1v) is 11.2. The van der Waals surface area contributed by atoms with Gasteiger partial charge in [0.15, 0.2) is 0 Å². The third-order valence-electron chi connectivity index (χ3n) is 4.81. The molecule has 1 aliphatic rings. The van der Waals surface area contributed by atoms with Crippen molar-refractivity contribution in [3.8, 4) is 11.5 Å². The lowest BCUT2D eigenvalue weighted by Gasteiger charge is -2.16. The van der Waals surface area contributed by atoms with E-state index in [2.05, 4.69) is 0 Å². The first kappa shape index (κ1) is 21.8. The lowest BCUT2D eigenvalue weighted by Crippen LogP contribution is -2.31. The highest BCUT2D eigenvalue weighted by Crippen LogP contribution is 2.40. The smallest absolute Gasteiger partial charge is 0.272 e. The van der Waals surface area contributed by atoms with Gasteiger partial charge >= 0.3 is 0 Å². The molecule has 2 heterocycles. The summed E-state index contributed by atoms with van der Waals surface area (Å²) in [6.07, 6.45) is 1.63. The largest absolute Gasteiger partial charge is 0.497 e. The summed E-state index contributed by atoms with van der Waals surface area (Å²) < 4.78 is 16.4. The molecule has 0 spiro atoms. The van der Waals surface area contributed by atoms with E-state index >= 15 is 0 Å². The predicted octanol–water partition coefficient (Wildman–Crippen LogP) is 5.29. The van der Waals surface area contributed by atoms with Crippen molar-refractivity contribution in [2.24, 2.45) is 0 Å². The molecule has 7 heteroatoms. The van der Waals surface area contributed by atoms with E-state index in [1.165, 1.54) is 16.7 Å². The molecule has 2 aromatic carbocycles. The number of carbonyl (C=O) groups excluding carboxylic acids is 2. The Hall–Kier alpha value is -3.45. The normalized spacial score (nSPS) is 13.9. The van der Waals surface area contributed by atoms with Crippen molar-refractivity contribution in [2.45, 2.75) is 25.7 Å². The molecular weight excluding hydrogens is 426 g/mol. The number of imide groups is 1. The van der Waals surface area contributed by atoms with Crippen LogP contribution in [0.1, 0.15) is 25.2 Å². The molecule has 0 radical (unpaired) electrons. The van der Waals surface area contributed by atoms with E-state index < -0.39 is 0 Å². The average molecular weight is 450 g/mol. The van der Waals surface area contributed by atoms with Gasteiger partial charge in [0.05, 0.1) is 41.4 Å². The number of methoxy groups -OCH3 is 1. The minimum atomic E-state index is -0.372. The molecule has 0 atom stereocenters. The van der Waals surface area contributed by atoms with Crippen LogP contribution >= 0.6 is 11.8 Å². The van der Waals surface area contributed by atoms with Crippen molar-refractivity contribution in [3.05, 3.63) is 83.2 Å². The molecule has 0 saturated carbocycles. The van der Waals surface area contributed by atoms with Gasteiger partial charge in [0.2, 0.25) is 0 Å². The van der Waals surface area contributed by atoms with E-state index in [1.807, 2.05) is 32.0 Å². The van der Waals surface area contributed by atoms with Crippen LogP contribution in [-0.4, -0.2) is 25.0 Å². The van der Waals surface area contributed by atoms with Gasteiger partial charge in [-0.1, -0.05) is 18.2 Å². The van der Waals surface area contributed by atoms with Crippen LogP contribution in [0.15, 0.2) is 76.2 Å². The van der Waals surface area contributed by atoms with Crippen LogP contribution in [0.3, 0.4) is 0 Å². The number of hydrogen-bond acceptors (Lipinski definition) is 6. The van der Waals surface area contributed by atoms with Crippen LogP contribution in [-0.2, 0) is 15.3 Å². The maximum atomic E-state index is 13.5. The second-order valence-electron chi connectivity index (χ2n) is 7.41. The van der Waals surface area contributed by atoms with Crippen molar-refractivity contribution in [1.82, 2.24) is 0 Å². The number of ether oxygens (including phenoxy) is 2. The Bertz CT molecular complexity index is 1150. The molecule has 2 amide bonds. The zero-order chi connectivity index (χ0) is 22.7. The quantitative estimate of drug-likeness (QED) is 0.435. The fraction of sp³-hybridized carbons (Fsp3) is 0.200. The van der Waals surface area contributed by atoms with Gasteiger partial charge in [-0.2, -0.15) is 0 Å². The molecular formula is C25H23NO5S. The highest BCUT2D eigenvalue weighted by Gasteiger charge is 2.40. The second kappa shape index (κ2) is 9.36. The monoisotopic (exact) mass is 449 g/mol. The van der Waals surface area contributed by atoms with Crippen molar-refractivity contribution >= 4 is 34.8 Å². The number of rotatable bonds is 8. The fourth-order valence-corrected chi connectivity index (χ4v) is 4.41. The molecule has 0 N–H and O–H groups in total. The number of anilines is 1. The summed E-state index contributed by atoms with van der Waals surface area (Å²) in [6.45, 7) is 3.90. The Balaban J connectivity index is 1.71. The Kier molecular flexibility index (Phi) is 6.37. The number of nitrogens with zero attached hydrogens (tertiary/aromatic N) is 1. The van der Waals surface area contributed by atoms with Crippen LogP contribution in [0.5, 0.6) is 11.5 Å². The molecule has 4 rings (SSSR count). The maximum absolute atomic E-state index is 13.5. The first-order chi connectivity index (χ1) is 15.5. The Morgan fingerprint density at radius 2 is 1.75 bits per heavy atom. The molecule has 164 valence electrons. The molecule has 0 aliphatic carbocycles. The van der Waals surface area contributed by atoms with Gasteiger partial charge in [0, 0.05) is 6.07 Å². The highest BCUT2D eigenvalue weighted by molar-refractivity contribution is 8.03. The molecule has 1 aliphatic heterocycles. The topological polar surface area (TPSA) is 69.0 Å². The molecule has 0 saturated heterocycles. The third kappa shape index (κ3) is 4.43. The van der Waals surface area contributed by atoms with Crippen molar-refractivity contribution < 1.29 is 23.5 Å². The summed E-state index contributed by atoms with van der Waals surface area (Å²) in [7, 11) is 1.54. The summed E-state index contributed by atoms with van der Waals surface area (Å²) in [5.74, 6) is 1.69. The third-order valence-corrected chi connectivity index (χ3v) is 5.90. The van der Waals surface area contributed by atoms with Gasteiger partial charge in [0.25, 0.3) is 11.8 Å². The molecule has 32 heavy (non-hydrogen) atoms. The van der Waals surface area contributed by atoms with Crippen molar-refractivity contribution in [3.63, 3.8) is 0 Å². The van der Waals surface area contributed by atoms with Gasteiger partial charge in [-0.15, -0.1) is 11.8 Å². The summed E-state index contributed by atoms with van der Waals surface area (Å²) in [6, 6.07) is 17.8. The maximum Gasteiger partial charge on any atom is 0.272 e. The van der Waals surface area contributed by atoms with Crippen molar-refractivity contribution in [2.75, 3.05) is 12.0 Å². The van der Waals surface area contributed by atoms with Gasteiger partial charge in [-0.25, -0.2) is 4.90 Å². The van der Waals surface area contributed by atoms with E-state index in [0.717, 1.165) is 5.76 Å². The highest BCUT2D eigenvalue weighted by atomic mass is 32.2. The summed E-state index contributed by atoms with van der Waals surface area (Å²) in [5, 5.41) is 0. The zero-order valence-corrected chi connectivity index (χ0v) is 18.8. The van der Waals surface area contributed by atoms with Gasteiger partial charge in [-0.3, -0.25) is 9.59 Å². The molecule has 6 nitrogen and oxygen atoms in total. The van der Waals surface area contributed by atoms with Crippen LogP contribution in [0.4, 0.5) is 5.69 Å².